The summed E-state index contributed by atoms with van der Waals surface area (Å²) in [6.07, 6.45) is 52.2. The highest BCUT2D eigenvalue weighted by molar-refractivity contribution is 7.45. The van der Waals surface area contributed by atoms with Crippen molar-refractivity contribution in [1.82, 2.24) is 0 Å². The van der Waals surface area contributed by atoms with Gasteiger partial charge in [-0.2, -0.15) is 0 Å². The molecule has 0 amide bonds. The van der Waals surface area contributed by atoms with Crippen LogP contribution in [0.25, 0.3) is 0 Å². The molecule has 0 bridgehead atoms. The molecule has 0 aromatic carbocycles. The van der Waals surface area contributed by atoms with E-state index in [-0.39, 0.29) is 26.1 Å². The second-order valence-corrected chi connectivity index (χ2v) is 18.7. The van der Waals surface area contributed by atoms with Crippen LogP contribution in [0, 0.1) is 0 Å². The molecule has 0 spiro atoms. The number of phosphoric acid groups is 1. The zero-order valence-corrected chi connectivity index (χ0v) is 41.2. The van der Waals surface area contributed by atoms with Crippen molar-refractivity contribution >= 4 is 19.8 Å². The Morgan fingerprint density at radius 2 is 1.14 bits per heavy atom. The number of hydrogen-bond acceptors (Lipinski definition) is 9. The second kappa shape index (κ2) is 43.1. The van der Waals surface area contributed by atoms with Crippen LogP contribution in [0.1, 0.15) is 174 Å². The highest BCUT2D eigenvalue weighted by atomic mass is 31.2. The van der Waals surface area contributed by atoms with Crippen molar-refractivity contribution in [3.05, 3.63) is 85.1 Å². The zero-order valence-electron chi connectivity index (χ0n) is 40.4. The Morgan fingerprint density at radius 1 is 0.603 bits per heavy atom. The van der Waals surface area contributed by atoms with Crippen LogP contribution in [-0.2, 0) is 32.7 Å². The Bertz CT molecular complexity index is 1360. The van der Waals surface area contributed by atoms with Gasteiger partial charge < -0.3 is 33.0 Å². The largest absolute Gasteiger partial charge is 0.756 e. The number of nitrogens with zero attached hydrogens (tertiary/aromatic N) is 1. The molecule has 0 aliphatic carbocycles. The molecule has 0 heterocycles. The molecule has 0 saturated heterocycles. The van der Waals surface area contributed by atoms with Gasteiger partial charge in [-0.1, -0.05) is 176 Å². The van der Waals surface area contributed by atoms with Crippen LogP contribution in [0.15, 0.2) is 85.1 Å². The number of likely N-dealkylation sites (N-methyl/N-ethyl adjacent to an activating group) is 1. The summed E-state index contributed by atoms with van der Waals surface area (Å²) in [5.74, 6) is -1.02. The number of unbranched alkanes of at least 4 members (excludes halogenated alkanes) is 15. The third kappa shape index (κ3) is 46.9. The predicted octanol–water partition coefficient (Wildman–Crippen LogP) is 12.7. The van der Waals surface area contributed by atoms with Crippen molar-refractivity contribution in [2.75, 3.05) is 47.5 Å². The van der Waals surface area contributed by atoms with E-state index in [4.69, 9.17) is 18.5 Å². The van der Waals surface area contributed by atoms with Crippen molar-refractivity contribution in [1.29, 1.82) is 0 Å². The molecular formula is C52H90NO9P. The Morgan fingerprint density at radius 3 is 1.73 bits per heavy atom. The van der Waals surface area contributed by atoms with Crippen LogP contribution in [-0.4, -0.2) is 81.2 Å². The highest BCUT2D eigenvalue weighted by Gasteiger charge is 2.21. The first kappa shape index (κ1) is 60.2. The number of quaternary nitrogens is 1. The molecule has 362 valence electrons. The maximum Gasteiger partial charge on any atom is 0.306 e. The normalized spacial score (nSPS) is 14.7. The van der Waals surface area contributed by atoms with E-state index in [1.54, 1.807) is 12.2 Å². The fourth-order valence-corrected chi connectivity index (χ4v) is 6.90. The minimum Gasteiger partial charge on any atom is -0.756 e. The van der Waals surface area contributed by atoms with Gasteiger partial charge in [-0.25, -0.2) is 0 Å². The Kier molecular flexibility index (Phi) is 41.1. The van der Waals surface area contributed by atoms with Crippen molar-refractivity contribution in [3.8, 4) is 0 Å². The summed E-state index contributed by atoms with van der Waals surface area (Å²) in [5.41, 5.74) is 0. The Balaban J connectivity index is 4.50. The fraction of sp³-hybridized carbons (Fsp3) is 0.692. The van der Waals surface area contributed by atoms with E-state index in [2.05, 4.69) is 62.5 Å². The summed E-state index contributed by atoms with van der Waals surface area (Å²) in [4.78, 5) is 37.7. The number of rotatable bonds is 43. The van der Waals surface area contributed by atoms with Crippen LogP contribution in [0.3, 0.4) is 0 Å². The highest BCUT2D eigenvalue weighted by Crippen LogP contribution is 2.38. The van der Waals surface area contributed by atoms with E-state index in [0.29, 0.717) is 30.3 Å². The molecule has 0 aromatic heterocycles. The lowest BCUT2D eigenvalue weighted by Gasteiger charge is -2.28. The van der Waals surface area contributed by atoms with E-state index < -0.39 is 38.6 Å². The maximum atomic E-state index is 12.7. The topological polar surface area (TPSA) is 131 Å². The van der Waals surface area contributed by atoms with Gasteiger partial charge >= 0.3 is 11.9 Å². The SMILES string of the molecule is CC/C=C\C/C=C\C/C=C\C/C=C\C=C/C(O)C/C=C\CCC(=O)OC[C@H](COP(=O)([O-])OCC[N+](C)(C)C)OC(=O)CCCCCCCCCCC/C=C\CCCCCCCC. The van der Waals surface area contributed by atoms with Crippen LogP contribution >= 0.6 is 7.82 Å². The van der Waals surface area contributed by atoms with Gasteiger partial charge in [-0.05, 0) is 70.6 Å². The number of allylic oxidation sites excluding steroid dienone is 12. The van der Waals surface area contributed by atoms with E-state index >= 15 is 0 Å². The molecule has 0 rings (SSSR count). The number of ether oxygens (including phenoxy) is 2. The molecule has 1 N–H and O–H groups in total. The van der Waals surface area contributed by atoms with E-state index in [1.165, 1.54) is 83.5 Å². The summed E-state index contributed by atoms with van der Waals surface area (Å²) in [5, 5.41) is 10.2. The molecule has 0 radical (unpaired) electrons. The summed E-state index contributed by atoms with van der Waals surface area (Å²) in [6, 6.07) is 0. The van der Waals surface area contributed by atoms with Crippen LogP contribution < -0.4 is 4.89 Å². The molecular weight excluding hydrogens is 814 g/mol. The zero-order chi connectivity index (χ0) is 46.5. The first-order valence-corrected chi connectivity index (χ1v) is 25.9. The molecule has 3 atom stereocenters. The van der Waals surface area contributed by atoms with Gasteiger partial charge in [-0.3, -0.25) is 14.2 Å². The van der Waals surface area contributed by atoms with E-state index in [1.807, 2.05) is 45.4 Å². The second-order valence-electron chi connectivity index (χ2n) is 17.3. The predicted molar refractivity (Wildman–Crippen MR) is 260 cm³/mol. The number of esters is 2. The van der Waals surface area contributed by atoms with Gasteiger partial charge in [0.15, 0.2) is 6.10 Å². The van der Waals surface area contributed by atoms with Crippen molar-refractivity contribution in [2.45, 2.75) is 187 Å². The third-order valence-electron chi connectivity index (χ3n) is 9.99. The first-order valence-electron chi connectivity index (χ1n) is 24.4. The van der Waals surface area contributed by atoms with Crippen molar-refractivity contribution in [2.24, 2.45) is 0 Å². The molecule has 0 aliphatic rings. The number of aliphatic hydroxyl groups excluding tert-OH is 1. The van der Waals surface area contributed by atoms with Crippen LogP contribution in [0.2, 0.25) is 0 Å². The quantitative estimate of drug-likeness (QED) is 0.0159. The lowest BCUT2D eigenvalue weighted by Crippen LogP contribution is -2.37. The molecule has 0 aromatic rings. The van der Waals surface area contributed by atoms with E-state index in [0.717, 1.165) is 44.9 Å². The van der Waals surface area contributed by atoms with Crippen molar-refractivity contribution in [3.63, 3.8) is 0 Å². The van der Waals surface area contributed by atoms with Crippen molar-refractivity contribution < 1.29 is 47.2 Å². The van der Waals surface area contributed by atoms with Gasteiger partial charge in [0.05, 0.1) is 33.9 Å². The summed E-state index contributed by atoms with van der Waals surface area (Å²) < 4.78 is 33.8. The molecule has 0 fully saturated rings. The Hall–Kier alpha value is -2.85. The smallest absolute Gasteiger partial charge is 0.306 e. The minimum atomic E-state index is -4.67. The number of phosphoric ester groups is 1. The number of hydrogen-bond donors (Lipinski definition) is 1. The summed E-state index contributed by atoms with van der Waals surface area (Å²) in [7, 11) is 1.06. The molecule has 11 heteroatoms. The molecule has 10 nitrogen and oxygen atoms in total. The Labute approximate surface area is 384 Å². The molecule has 2 unspecified atom stereocenters. The number of aliphatic hydroxyl groups is 1. The molecule has 0 aliphatic heterocycles. The maximum absolute atomic E-state index is 12.7. The third-order valence-corrected chi connectivity index (χ3v) is 11.0. The van der Waals surface area contributed by atoms with Gasteiger partial charge in [0.1, 0.15) is 19.8 Å². The van der Waals surface area contributed by atoms with E-state index in [9.17, 15) is 24.2 Å². The standard InChI is InChI=1S/C52H90NO9P/c1-6-8-10-12-14-16-18-20-21-22-23-24-25-27-29-31-33-35-39-44-52(56)62-50(48-61-63(57,58)60-46-45-53(3,4)5)47-59-51(55)43-40-36-38-42-49(54)41-37-34-32-30-28-26-19-17-15-13-11-9-7-2/h9,11,15,17,20-21,26,28,32,34,36-38,41,49-50,54H,6-8,10,12-14,16,18-19,22-25,27,29-31,33,35,39-40,42-48H2,1-5H3/b11-9-,17-15-,21-20-,28-26-,34-32-,38-36-,41-37-/t49?,50-/m1/s1. The van der Waals surface area contributed by atoms with Crippen LogP contribution in [0.4, 0.5) is 0 Å². The lowest BCUT2D eigenvalue weighted by molar-refractivity contribution is -0.870. The number of carbonyl (C=O) groups excluding carboxylic acids is 2. The monoisotopic (exact) mass is 904 g/mol. The minimum absolute atomic E-state index is 0.0627. The van der Waals surface area contributed by atoms with Gasteiger partial charge in [0.25, 0.3) is 7.82 Å². The first-order chi connectivity index (χ1) is 30.4. The number of carbonyl (C=O) groups is 2. The summed E-state index contributed by atoms with van der Waals surface area (Å²) in [6.45, 7) is 3.90. The lowest BCUT2D eigenvalue weighted by atomic mass is 10.1. The molecule has 63 heavy (non-hydrogen) atoms. The van der Waals surface area contributed by atoms with Crippen LogP contribution in [0.5, 0.6) is 0 Å². The van der Waals surface area contributed by atoms with Gasteiger partial charge in [0, 0.05) is 12.8 Å². The molecule has 0 saturated carbocycles. The average Bonchev–Trinajstić information content (AvgIpc) is 3.23. The summed E-state index contributed by atoms with van der Waals surface area (Å²) >= 11 is 0. The van der Waals surface area contributed by atoms with Gasteiger partial charge in [0.2, 0.25) is 0 Å². The van der Waals surface area contributed by atoms with Gasteiger partial charge in [-0.15, -0.1) is 0 Å². The average molecular weight is 904 g/mol. The fourth-order valence-electron chi connectivity index (χ4n) is 6.17.